The maximum absolute atomic E-state index is 15.3. The van der Waals surface area contributed by atoms with E-state index in [0.717, 1.165) is 36.6 Å². The van der Waals surface area contributed by atoms with E-state index in [4.69, 9.17) is 14.2 Å². The molecule has 4 aliphatic heterocycles. The molecule has 4 aliphatic rings. The Morgan fingerprint density at radius 2 is 1.63 bits per heavy atom. The molecule has 0 aliphatic carbocycles. The third-order valence-corrected chi connectivity index (χ3v) is 11.5. The number of carbonyl (C=O) groups excluding carboxylic acids is 2. The van der Waals surface area contributed by atoms with Crippen LogP contribution in [0.3, 0.4) is 0 Å². The summed E-state index contributed by atoms with van der Waals surface area (Å²) in [5.41, 5.74) is 3.93. The zero-order valence-electron chi connectivity index (χ0n) is 31.7. The highest BCUT2D eigenvalue weighted by Gasteiger charge is 2.37. The van der Waals surface area contributed by atoms with Gasteiger partial charge in [-0.25, -0.2) is 13.8 Å². The van der Waals surface area contributed by atoms with Crippen molar-refractivity contribution in [3.8, 4) is 28.5 Å². The van der Waals surface area contributed by atoms with Crippen LogP contribution in [0.5, 0.6) is 17.2 Å². The number of aromatic nitrogens is 2. The molecule has 1 N–H and O–H groups in total. The molecule has 0 saturated carbocycles. The Labute approximate surface area is 328 Å². The molecule has 294 valence electrons. The van der Waals surface area contributed by atoms with Gasteiger partial charge in [-0.3, -0.25) is 19.4 Å². The molecule has 14 heteroatoms. The van der Waals surface area contributed by atoms with Gasteiger partial charge < -0.3 is 33.7 Å². The Bertz CT molecular complexity index is 2360. The standard InChI is InChI=1S/C43H42F2N6O6/c1-47-12-11-27-18-30(22-46-41(27)47)51(29-7-9-32(52)10-8-29)43(54)35-19-36(48(2)39(35)40(44)45)33-20-37-38(57-25-56-37)21-34(33)42(53)50-23-28-6-4-3-5-26(28)17-31(50)24-49-13-15-55-16-14-49/h3-10,18-22,31,40,52H,11-17,23-25H2,1-2H3/t31-/m0/s1. The fourth-order valence-electron chi connectivity index (χ4n) is 8.51. The Morgan fingerprint density at radius 3 is 2.39 bits per heavy atom. The first kappa shape index (κ1) is 36.6. The molecule has 0 unspecified atom stereocenters. The van der Waals surface area contributed by atoms with E-state index >= 15 is 13.6 Å². The molecule has 2 amide bonds. The van der Waals surface area contributed by atoms with E-state index in [1.807, 2.05) is 41.1 Å². The van der Waals surface area contributed by atoms with Crippen molar-refractivity contribution in [2.75, 3.05) is 63.0 Å². The molecule has 1 atom stereocenters. The molecule has 1 fully saturated rings. The smallest absolute Gasteiger partial charge is 0.279 e. The number of amides is 2. The van der Waals surface area contributed by atoms with Crippen LogP contribution in [-0.2, 0) is 31.2 Å². The highest BCUT2D eigenvalue weighted by molar-refractivity contribution is 6.13. The SMILES string of the molecule is CN1CCc2cc(N(C(=O)c3cc(-c4cc5c(cc4C(=O)N4Cc6ccccc6C[C@H]4CN4CCOCC4)OCO5)n(C)c3C(F)F)c3ccc(O)cc3)cnc21. The van der Waals surface area contributed by atoms with E-state index in [9.17, 15) is 9.90 Å². The number of nitrogens with zero attached hydrogens (tertiary/aromatic N) is 6. The van der Waals surface area contributed by atoms with Crippen LogP contribution in [0.2, 0.25) is 0 Å². The predicted molar refractivity (Wildman–Crippen MR) is 209 cm³/mol. The van der Waals surface area contributed by atoms with Gasteiger partial charge in [0.15, 0.2) is 11.5 Å². The number of hydrogen-bond acceptors (Lipinski definition) is 9. The highest BCUT2D eigenvalue weighted by Crippen LogP contribution is 2.43. The number of phenols is 1. The maximum Gasteiger partial charge on any atom is 0.279 e. The van der Waals surface area contributed by atoms with E-state index < -0.39 is 18.0 Å². The minimum atomic E-state index is -3.05. The summed E-state index contributed by atoms with van der Waals surface area (Å²) in [6.07, 6.45) is -0.145. The van der Waals surface area contributed by atoms with Crippen LogP contribution in [-0.4, -0.2) is 95.5 Å². The van der Waals surface area contributed by atoms with Crippen molar-refractivity contribution in [3.05, 3.63) is 113 Å². The summed E-state index contributed by atoms with van der Waals surface area (Å²) in [5, 5.41) is 10.1. The van der Waals surface area contributed by atoms with Gasteiger partial charge in [0, 0.05) is 69.8 Å². The van der Waals surface area contributed by atoms with Crippen LogP contribution in [0.4, 0.5) is 26.0 Å². The number of fused-ring (bicyclic) bond motifs is 3. The van der Waals surface area contributed by atoms with Crippen molar-refractivity contribution >= 4 is 29.0 Å². The number of ether oxygens (including phenoxy) is 3. The van der Waals surface area contributed by atoms with Crippen LogP contribution in [0.1, 0.15) is 49.5 Å². The number of rotatable bonds is 8. The fraction of sp³-hybridized carbons (Fsp3) is 0.326. The van der Waals surface area contributed by atoms with Crippen molar-refractivity contribution in [2.24, 2.45) is 7.05 Å². The van der Waals surface area contributed by atoms with Gasteiger partial charge in [-0.1, -0.05) is 24.3 Å². The normalized spacial score (nSPS) is 17.5. The summed E-state index contributed by atoms with van der Waals surface area (Å²) in [6, 6.07) is 20.4. The lowest BCUT2D eigenvalue weighted by Gasteiger charge is -2.40. The average Bonchev–Trinajstić information content (AvgIpc) is 3.94. The summed E-state index contributed by atoms with van der Waals surface area (Å²) < 4.78 is 49.1. The van der Waals surface area contributed by atoms with Gasteiger partial charge in [-0.15, -0.1) is 0 Å². The number of anilines is 3. The number of pyridine rings is 1. The third kappa shape index (κ3) is 6.72. The lowest BCUT2D eigenvalue weighted by molar-refractivity contribution is 0.0193. The van der Waals surface area contributed by atoms with E-state index in [2.05, 4.69) is 16.0 Å². The molecular weight excluding hydrogens is 735 g/mol. The summed E-state index contributed by atoms with van der Waals surface area (Å²) in [5.74, 6) is 0.498. The van der Waals surface area contributed by atoms with Gasteiger partial charge in [0.1, 0.15) is 11.6 Å². The van der Waals surface area contributed by atoms with Crippen molar-refractivity contribution < 1.29 is 37.7 Å². The lowest BCUT2D eigenvalue weighted by Crippen LogP contribution is -2.52. The number of likely N-dealkylation sites (N-methyl/N-ethyl adjacent to an activating group) is 1. The van der Waals surface area contributed by atoms with Gasteiger partial charge in [-0.2, -0.15) is 0 Å². The molecule has 6 heterocycles. The summed E-state index contributed by atoms with van der Waals surface area (Å²) in [6.45, 7) is 4.45. The van der Waals surface area contributed by atoms with Gasteiger partial charge in [0.25, 0.3) is 18.2 Å². The monoisotopic (exact) mass is 776 g/mol. The van der Waals surface area contributed by atoms with E-state index in [0.29, 0.717) is 67.6 Å². The average molecular weight is 777 g/mol. The number of aromatic hydroxyl groups is 1. The molecule has 2 aromatic heterocycles. The van der Waals surface area contributed by atoms with E-state index in [-0.39, 0.29) is 41.3 Å². The third-order valence-electron chi connectivity index (χ3n) is 11.5. The summed E-state index contributed by atoms with van der Waals surface area (Å²) in [4.78, 5) is 42.1. The predicted octanol–water partition coefficient (Wildman–Crippen LogP) is 6.33. The van der Waals surface area contributed by atoms with Gasteiger partial charge in [0.2, 0.25) is 6.79 Å². The molecule has 0 radical (unpaired) electrons. The first-order valence-corrected chi connectivity index (χ1v) is 19.1. The Kier molecular flexibility index (Phi) is 9.53. The van der Waals surface area contributed by atoms with E-state index in [1.54, 1.807) is 30.5 Å². The van der Waals surface area contributed by atoms with Crippen molar-refractivity contribution in [3.63, 3.8) is 0 Å². The zero-order chi connectivity index (χ0) is 39.4. The molecular formula is C43H42F2N6O6. The molecule has 3 aromatic carbocycles. The molecule has 12 nitrogen and oxygen atoms in total. The largest absolute Gasteiger partial charge is 0.508 e. The minimum Gasteiger partial charge on any atom is -0.508 e. The first-order chi connectivity index (χ1) is 27.6. The topological polar surface area (TPSA) is 113 Å². The minimum absolute atomic E-state index is 0.0144. The van der Waals surface area contributed by atoms with Crippen molar-refractivity contribution in [1.82, 2.24) is 19.4 Å². The second-order valence-electron chi connectivity index (χ2n) is 14.9. The van der Waals surface area contributed by atoms with Gasteiger partial charge in [-0.05, 0) is 78.1 Å². The summed E-state index contributed by atoms with van der Waals surface area (Å²) in [7, 11) is 3.41. The van der Waals surface area contributed by atoms with Crippen LogP contribution in [0.15, 0.2) is 79.0 Å². The first-order valence-electron chi connectivity index (χ1n) is 19.1. The maximum atomic E-state index is 15.3. The number of morpholine rings is 1. The second kappa shape index (κ2) is 14.8. The van der Waals surface area contributed by atoms with E-state index in [1.165, 1.54) is 40.3 Å². The van der Waals surface area contributed by atoms with Crippen molar-refractivity contribution in [2.45, 2.75) is 31.9 Å². The lowest BCUT2D eigenvalue weighted by atomic mass is 9.92. The molecule has 57 heavy (non-hydrogen) atoms. The number of alkyl halides is 2. The zero-order valence-corrected chi connectivity index (χ0v) is 31.7. The number of phenolic OH excluding ortho intramolecular Hbond substituents is 1. The van der Waals surface area contributed by atoms with Crippen LogP contribution < -0.4 is 19.3 Å². The summed E-state index contributed by atoms with van der Waals surface area (Å²) >= 11 is 0. The second-order valence-corrected chi connectivity index (χ2v) is 14.9. The van der Waals surface area contributed by atoms with Gasteiger partial charge >= 0.3 is 0 Å². The van der Waals surface area contributed by atoms with Crippen LogP contribution in [0, 0.1) is 0 Å². The van der Waals surface area contributed by atoms with Gasteiger partial charge in [0.05, 0.1) is 41.9 Å². The number of halogens is 2. The Hall–Kier alpha value is -5.99. The Balaban J connectivity index is 1.15. The molecule has 1 saturated heterocycles. The number of carbonyl (C=O) groups is 2. The van der Waals surface area contributed by atoms with Crippen LogP contribution in [0.25, 0.3) is 11.3 Å². The highest BCUT2D eigenvalue weighted by atomic mass is 19.3. The number of benzene rings is 3. The Morgan fingerprint density at radius 1 is 0.895 bits per heavy atom. The number of hydrogen-bond donors (Lipinski definition) is 1. The molecule has 5 aromatic rings. The fourth-order valence-corrected chi connectivity index (χ4v) is 8.51. The molecule has 0 spiro atoms. The molecule has 0 bridgehead atoms. The quantitative estimate of drug-likeness (QED) is 0.193. The molecule has 9 rings (SSSR count). The van der Waals surface area contributed by atoms with Crippen LogP contribution >= 0.6 is 0 Å². The van der Waals surface area contributed by atoms with Crippen molar-refractivity contribution in [1.29, 1.82) is 0 Å².